The molecule has 4 nitrogen and oxygen atoms in total. The largest absolute Gasteiger partial charge is 0.478 e. The van der Waals surface area contributed by atoms with Crippen LogP contribution >= 0.6 is 0 Å². The number of unbranched alkanes of at least 4 members (excludes halogenated alkanes) is 9. The van der Waals surface area contributed by atoms with Gasteiger partial charge in [-0.3, -0.25) is 0 Å². The van der Waals surface area contributed by atoms with Crippen LogP contribution in [-0.4, -0.2) is 34.0 Å². The Bertz CT molecular complexity index is 276. The van der Waals surface area contributed by atoms with Gasteiger partial charge in [0.25, 0.3) is 0 Å². The average molecular weight is 314 g/mol. The number of aliphatic carboxylic acids is 1. The van der Waals surface area contributed by atoms with Gasteiger partial charge in [0.15, 0.2) is 0 Å². The first-order valence-corrected chi connectivity index (χ1v) is 8.85. The normalized spacial score (nSPS) is 12.8. The molecule has 0 heterocycles. The van der Waals surface area contributed by atoms with Crippen molar-refractivity contribution in [3.63, 3.8) is 0 Å². The molecular weight excluding hydrogens is 280 g/mol. The van der Waals surface area contributed by atoms with Crippen LogP contribution in [0, 0.1) is 0 Å². The zero-order chi connectivity index (χ0) is 16.5. The van der Waals surface area contributed by atoms with Crippen molar-refractivity contribution in [3.05, 3.63) is 12.2 Å². The minimum absolute atomic E-state index is 0.163. The van der Waals surface area contributed by atoms with E-state index in [9.17, 15) is 9.90 Å². The molecule has 22 heavy (non-hydrogen) atoms. The number of hydrogen-bond acceptors (Lipinski definition) is 3. The summed E-state index contributed by atoms with van der Waals surface area (Å²) in [5, 5.41) is 27.0. The maximum absolute atomic E-state index is 10.3. The predicted molar refractivity (Wildman–Crippen MR) is 89.9 cm³/mol. The van der Waals surface area contributed by atoms with Crippen LogP contribution in [0.1, 0.15) is 83.5 Å². The molecule has 0 saturated heterocycles. The van der Waals surface area contributed by atoms with Crippen molar-refractivity contribution in [1.29, 1.82) is 0 Å². The van der Waals surface area contributed by atoms with Gasteiger partial charge in [0.2, 0.25) is 0 Å². The molecule has 0 fully saturated rings. The van der Waals surface area contributed by atoms with Crippen molar-refractivity contribution >= 4 is 5.97 Å². The van der Waals surface area contributed by atoms with Gasteiger partial charge in [-0.25, -0.2) is 4.79 Å². The standard InChI is InChI=1S/C18H34O4/c19-16-12-8-4-3-6-10-14-17(20)13-9-5-1-2-7-11-15-18(21)22/h11,15,17,19-20H,1-10,12-14,16H2,(H,21,22). The second-order valence-electron chi connectivity index (χ2n) is 6.02. The van der Waals surface area contributed by atoms with Crippen LogP contribution in [0.15, 0.2) is 12.2 Å². The van der Waals surface area contributed by atoms with Gasteiger partial charge in [-0.15, -0.1) is 0 Å². The molecule has 0 aliphatic carbocycles. The topological polar surface area (TPSA) is 77.8 Å². The number of carboxylic acids is 1. The van der Waals surface area contributed by atoms with Gasteiger partial charge in [-0.1, -0.05) is 57.4 Å². The molecule has 0 aromatic heterocycles. The summed E-state index contributed by atoms with van der Waals surface area (Å²) in [5.41, 5.74) is 0. The first-order valence-electron chi connectivity index (χ1n) is 8.85. The van der Waals surface area contributed by atoms with Crippen molar-refractivity contribution in [2.24, 2.45) is 0 Å². The van der Waals surface area contributed by atoms with Gasteiger partial charge in [-0.05, 0) is 32.1 Å². The third kappa shape index (κ3) is 17.2. The quantitative estimate of drug-likeness (QED) is 0.297. The number of hydrogen-bond donors (Lipinski definition) is 3. The molecule has 3 N–H and O–H groups in total. The van der Waals surface area contributed by atoms with E-state index in [1.807, 2.05) is 0 Å². The second-order valence-corrected chi connectivity index (χ2v) is 6.02. The molecule has 1 unspecified atom stereocenters. The minimum Gasteiger partial charge on any atom is -0.478 e. The molecule has 0 aromatic carbocycles. The summed E-state index contributed by atoms with van der Waals surface area (Å²) in [6.07, 6.45) is 16.3. The summed E-state index contributed by atoms with van der Waals surface area (Å²) >= 11 is 0. The Morgan fingerprint density at radius 3 is 1.86 bits per heavy atom. The second kappa shape index (κ2) is 16.5. The molecule has 0 bridgehead atoms. The third-order valence-electron chi connectivity index (χ3n) is 3.86. The Hall–Kier alpha value is -0.870. The molecule has 1 atom stereocenters. The summed E-state index contributed by atoms with van der Waals surface area (Å²) in [6.45, 7) is 0.300. The maximum atomic E-state index is 10.3. The molecule has 0 aliphatic heterocycles. The van der Waals surface area contributed by atoms with Crippen molar-refractivity contribution in [2.45, 2.75) is 89.6 Å². The van der Waals surface area contributed by atoms with E-state index in [1.54, 1.807) is 6.08 Å². The lowest BCUT2D eigenvalue weighted by Crippen LogP contribution is -2.05. The Balaban J connectivity index is 3.22. The van der Waals surface area contributed by atoms with Crippen LogP contribution < -0.4 is 0 Å². The molecular formula is C18H34O4. The number of rotatable bonds is 16. The van der Waals surface area contributed by atoms with Gasteiger partial charge in [0, 0.05) is 12.7 Å². The van der Waals surface area contributed by atoms with E-state index in [0.717, 1.165) is 64.2 Å². The van der Waals surface area contributed by atoms with Crippen LogP contribution in [0.4, 0.5) is 0 Å². The average Bonchev–Trinajstić information content (AvgIpc) is 2.48. The maximum Gasteiger partial charge on any atom is 0.327 e. The number of carbonyl (C=O) groups is 1. The van der Waals surface area contributed by atoms with Gasteiger partial charge in [-0.2, -0.15) is 0 Å². The van der Waals surface area contributed by atoms with Gasteiger partial charge in [0.05, 0.1) is 6.10 Å². The number of aliphatic hydroxyl groups is 2. The van der Waals surface area contributed by atoms with Gasteiger partial charge < -0.3 is 15.3 Å². The molecule has 0 amide bonds. The summed E-state index contributed by atoms with van der Waals surface area (Å²) in [7, 11) is 0. The predicted octanol–water partition coefficient (Wildman–Crippen LogP) is 4.05. The number of aliphatic hydroxyl groups excluding tert-OH is 2. The Morgan fingerprint density at radius 1 is 0.818 bits per heavy atom. The fraction of sp³-hybridized carbons (Fsp3) is 0.833. The summed E-state index contributed by atoms with van der Waals surface area (Å²) in [6, 6.07) is 0. The smallest absolute Gasteiger partial charge is 0.327 e. The van der Waals surface area contributed by atoms with Gasteiger partial charge >= 0.3 is 5.97 Å². The van der Waals surface area contributed by atoms with Crippen LogP contribution in [-0.2, 0) is 4.79 Å². The van der Waals surface area contributed by atoms with Crippen LogP contribution in [0.3, 0.4) is 0 Å². The molecule has 0 aliphatic rings. The molecule has 0 aromatic rings. The molecule has 130 valence electrons. The van der Waals surface area contributed by atoms with E-state index in [1.165, 1.54) is 25.3 Å². The summed E-state index contributed by atoms with van der Waals surface area (Å²) < 4.78 is 0. The lowest BCUT2D eigenvalue weighted by molar-refractivity contribution is -0.131. The lowest BCUT2D eigenvalue weighted by Gasteiger charge is -2.10. The fourth-order valence-electron chi connectivity index (χ4n) is 2.52. The highest BCUT2D eigenvalue weighted by Crippen LogP contribution is 2.13. The van der Waals surface area contributed by atoms with E-state index in [-0.39, 0.29) is 6.10 Å². The summed E-state index contributed by atoms with van der Waals surface area (Å²) in [5.74, 6) is -0.878. The number of carboxylic acid groups (broad SMARTS) is 1. The molecule has 0 rings (SSSR count). The Morgan fingerprint density at radius 2 is 1.32 bits per heavy atom. The molecule has 0 saturated carbocycles. The summed E-state index contributed by atoms with van der Waals surface area (Å²) in [4.78, 5) is 10.3. The van der Waals surface area contributed by atoms with Crippen molar-refractivity contribution in [1.82, 2.24) is 0 Å². The molecule has 4 heteroatoms. The molecule has 0 spiro atoms. The highest BCUT2D eigenvalue weighted by molar-refractivity contribution is 5.79. The van der Waals surface area contributed by atoms with Crippen molar-refractivity contribution in [3.8, 4) is 0 Å². The SMILES string of the molecule is O=C(O)C=CCCCCCCC(O)CCCCCCCCO. The lowest BCUT2D eigenvalue weighted by atomic mass is 10.0. The van der Waals surface area contributed by atoms with E-state index < -0.39 is 5.97 Å². The van der Waals surface area contributed by atoms with Gasteiger partial charge in [0.1, 0.15) is 0 Å². The number of allylic oxidation sites excluding steroid dienone is 1. The van der Waals surface area contributed by atoms with E-state index in [0.29, 0.717) is 6.61 Å². The zero-order valence-corrected chi connectivity index (χ0v) is 13.9. The first kappa shape index (κ1) is 21.1. The van der Waals surface area contributed by atoms with Crippen molar-refractivity contribution in [2.75, 3.05) is 6.61 Å². The van der Waals surface area contributed by atoms with Crippen LogP contribution in [0.25, 0.3) is 0 Å². The fourth-order valence-corrected chi connectivity index (χ4v) is 2.52. The van der Waals surface area contributed by atoms with E-state index in [4.69, 9.17) is 10.2 Å². The zero-order valence-electron chi connectivity index (χ0n) is 13.9. The highest BCUT2D eigenvalue weighted by Gasteiger charge is 2.03. The minimum atomic E-state index is -0.878. The van der Waals surface area contributed by atoms with E-state index >= 15 is 0 Å². The molecule has 0 radical (unpaired) electrons. The van der Waals surface area contributed by atoms with E-state index in [2.05, 4.69) is 0 Å². The third-order valence-corrected chi connectivity index (χ3v) is 3.86. The Kier molecular flexibility index (Phi) is 15.8. The first-order chi connectivity index (χ1) is 10.7. The van der Waals surface area contributed by atoms with Crippen molar-refractivity contribution < 1.29 is 20.1 Å². The monoisotopic (exact) mass is 314 g/mol. The Labute approximate surface area is 135 Å². The van der Waals surface area contributed by atoms with Crippen LogP contribution in [0.5, 0.6) is 0 Å². The highest BCUT2D eigenvalue weighted by atomic mass is 16.4. The van der Waals surface area contributed by atoms with Crippen LogP contribution in [0.2, 0.25) is 0 Å².